The number of benzene rings is 1. The Morgan fingerprint density at radius 2 is 1.77 bits per heavy atom. The summed E-state index contributed by atoms with van der Waals surface area (Å²) in [4.78, 5) is 29.0. The number of nitrogens with zero attached hydrogens (tertiary/aromatic N) is 1. The highest BCUT2D eigenvalue weighted by molar-refractivity contribution is 6.05. The Labute approximate surface area is 154 Å². The fourth-order valence-corrected chi connectivity index (χ4v) is 3.23. The summed E-state index contributed by atoms with van der Waals surface area (Å²) in [5, 5.41) is 5.89. The molecule has 0 atom stereocenters. The number of anilines is 1. The van der Waals surface area contributed by atoms with Gasteiger partial charge in [0.1, 0.15) is 5.69 Å². The molecule has 0 bridgehead atoms. The molecule has 2 N–H and O–H groups in total. The van der Waals surface area contributed by atoms with E-state index >= 15 is 0 Å². The predicted molar refractivity (Wildman–Crippen MR) is 102 cm³/mol. The van der Waals surface area contributed by atoms with E-state index < -0.39 is 0 Å². The number of aryl methyl sites for hydroxylation is 1. The Morgan fingerprint density at radius 3 is 2.46 bits per heavy atom. The molecule has 136 valence electrons. The van der Waals surface area contributed by atoms with Gasteiger partial charge in [0, 0.05) is 23.5 Å². The fraction of sp³-hybridized carbons (Fsp3) is 0.381. The molecule has 1 aliphatic rings. The van der Waals surface area contributed by atoms with Crippen LogP contribution in [-0.4, -0.2) is 22.8 Å². The molecule has 0 aliphatic heterocycles. The number of hydrogen-bond acceptors (Lipinski definition) is 3. The summed E-state index contributed by atoms with van der Waals surface area (Å²) in [6.07, 6.45) is 8.02. The monoisotopic (exact) mass is 351 g/mol. The number of pyridine rings is 1. The average Bonchev–Trinajstić information content (AvgIpc) is 2.69. The maximum absolute atomic E-state index is 12.5. The van der Waals surface area contributed by atoms with E-state index in [9.17, 15) is 9.59 Å². The number of nitrogens with one attached hydrogen (secondary N) is 2. The summed E-state index contributed by atoms with van der Waals surface area (Å²) in [6, 6.07) is 11.1. The fourth-order valence-electron chi connectivity index (χ4n) is 3.23. The summed E-state index contributed by atoms with van der Waals surface area (Å²) in [5.74, 6) is -0.456. The highest BCUT2D eigenvalue weighted by Gasteiger charge is 2.18. The van der Waals surface area contributed by atoms with Gasteiger partial charge in [-0.05, 0) is 49.1 Å². The third-order valence-electron chi connectivity index (χ3n) is 4.82. The van der Waals surface area contributed by atoms with E-state index in [0.717, 1.165) is 37.8 Å². The summed E-state index contributed by atoms with van der Waals surface area (Å²) < 4.78 is 0. The topological polar surface area (TPSA) is 71.1 Å². The third-order valence-corrected chi connectivity index (χ3v) is 4.82. The summed E-state index contributed by atoms with van der Waals surface area (Å²) in [6.45, 7) is 2.09. The van der Waals surface area contributed by atoms with Crippen LogP contribution >= 0.6 is 0 Å². The van der Waals surface area contributed by atoms with Crippen molar-refractivity contribution in [1.29, 1.82) is 0 Å². The van der Waals surface area contributed by atoms with Crippen molar-refractivity contribution in [3.63, 3.8) is 0 Å². The number of aromatic nitrogens is 1. The quantitative estimate of drug-likeness (QED) is 0.856. The molecule has 1 fully saturated rings. The van der Waals surface area contributed by atoms with E-state index in [1.165, 1.54) is 18.2 Å². The van der Waals surface area contributed by atoms with E-state index in [1.807, 2.05) is 24.3 Å². The molecule has 1 heterocycles. The lowest BCUT2D eigenvalue weighted by atomic mass is 9.95. The van der Waals surface area contributed by atoms with Crippen molar-refractivity contribution in [3.05, 3.63) is 59.4 Å². The van der Waals surface area contributed by atoms with Gasteiger partial charge in [-0.2, -0.15) is 0 Å². The lowest BCUT2D eigenvalue weighted by Gasteiger charge is -2.22. The van der Waals surface area contributed by atoms with E-state index in [4.69, 9.17) is 0 Å². The summed E-state index contributed by atoms with van der Waals surface area (Å²) >= 11 is 0. The van der Waals surface area contributed by atoms with Crippen LogP contribution in [0.5, 0.6) is 0 Å². The van der Waals surface area contributed by atoms with Crippen LogP contribution < -0.4 is 10.6 Å². The van der Waals surface area contributed by atoms with Gasteiger partial charge in [-0.3, -0.25) is 14.6 Å². The van der Waals surface area contributed by atoms with Crippen molar-refractivity contribution in [3.8, 4) is 0 Å². The van der Waals surface area contributed by atoms with Crippen LogP contribution in [0.15, 0.2) is 42.6 Å². The molecule has 0 saturated heterocycles. The van der Waals surface area contributed by atoms with Crippen LogP contribution in [0.25, 0.3) is 0 Å². The van der Waals surface area contributed by atoms with Gasteiger partial charge in [0.25, 0.3) is 11.8 Å². The number of hydrogen-bond donors (Lipinski definition) is 2. The zero-order valence-electron chi connectivity index (χ0n) is 15.1. The smallest absolute Gasteiger partial charge is 0.270 e. The van der Waals surface area contributed by atoms with Crippen molar-refractivity contribution in [2.45, 2.75) is 51.5 Å². The Hall–Kier alpha value is -2.69. The standard InChI is InChI=1S/C21H25N3O2/c1-2-15-8-10-18(11-9-15)23-20(25)16-12-13-22-19(14-16)21(26)24-17-6-4-3-5-7-17/h8-14,17H,2-7H2,1H3,(H,23,25)(H,24,26). The Balaban J connectivity index is 1.65. The van der Waals surface area contributed by atoms with Crippen LogP contribution in [-0.2, 0) is 6.42 Å². The molecule has 2 aromatic rings. The van der Waals surface area contributed by atoms with Gasteiger partial charge in [-0.25, -0.2) is 0 Å². The molecular formula is C21H25N3O2. The van der Waals surface area contributed by atoms with Gasteiger partial charge in [0.05, 0.1) is 0 Å². The molecule has 1 aromatic carbocycles. The number of carbonyl (C=O) groups is 2. The van der Waals surface area contributed by atoms with E-state index in [2.05, 4.69) is 22.5 Å². The minimum Gasteiger partial charge on any atom is -0.348 e. The maximum Gasteiger partial charge on any atom is 0.270 e. The average molecular weight is 351 g/mol. The van der Waals surface area contributed by atoms with E-state index in [1.54, 1.807) is 12.1 Å². The maximum atomic E-state index is 12.5. The first kappa shape index (κ1) is 18.1. The van der Waals surface area contributed by atoms with Gasteiger partial charge in [0.2, 0.25) is 0 Å². The second-order valence-corrected chi connectivity index (χ2v) is 6.74. The molecule has 2 amide bonds. The van der Waals surface area contributed by atoms with Gasteiger partial charge in [-0.15, -0.1) is 0 Å². The molecule has 1 aromatic heterocycles. The number of carbonyl (C=O) groups excluding carboxylic acids is 2. The van der Waals surface area contributed by atoms with Crippen LogP contribution in [0, 0.1) is 0 Å². The van der Waals surface area contributed by atoms with Crippen molar-refractivity contribution in [2.75, 3.05) is 5.32 Å². The molecule has 0 unspecified atom stereocenters. The number of rotatable bonds is 5. The molecule has 3 rings (SSSR count). The van der Waals surface area contributed by atoms with E-state index in [0.29, 0.717) is 5.56 Å². The van der Waals surface area contributed by atoms with Gasteiger partial charge in [0.15, 0.2) is 0 Å². The normalized spacial score (nSPS) is 14.7. The molecular weight excluding hydrogens is 326 g/mol. The lowest BCUT2D eigenvalue weighted by Crippen LogP contribution is -2.36. The highest BCUT2D eigenvalue weighted by atomic mass is 16.2. The minimum absolute atomic E-state index is 0.209. The molecule has 5 nitrogen and oxygen atoms in total. The Bertz CT molecular complexity index is 765. The van der Waals surface area contributed by atoms with Gasteiger partial charge >= 0.3 is 0 Å². The summed E-state index contributed by atoms with van der Waals surface area (Å²) in [5.41, 5.74) is 2.66. The van der Waals surface area contributed by atoms with Crippen molar-refractivity contribution in [2.24, 2.45) is 0 Å². The highest BCUT2D eigenvalue weighted by Crippen LogP contribution is 2.18. The molecule has 0 radical (unpaired) electrons. The predicted octanol–water partition coefficient (Wildman–Crippen LogP) is 3.96. The van der Waals surface area contributed by atoms with Crippen molar-refractivity contribution >= 4 is 17.5 Å². The Kier molecular flexibility index (Phi) is 6.00. The first-order chi connectivity index (χ1) is 12.7. The molecule has 1 aliphatic carbocycles. The minimum atomic E-state index is -0.247. The third kappa shape index (κ3) is 4.69. The second kappa shape index (κ2) is 8.61. The molecule has 0 spiro atoms. The molecule has 5 heteroatoms. The van der Waals surface area contributed by atoms with Crippen LogP contribution in [0.4, 0.5) is 5.69 Å². The van der Waals surface area contributed by atoms with Crippen molar-refractivity contribution < 1.29 is 9.59 Å². The van der Waals surface area contributed by atoms with Gasteiger partial charge in [-0.1, -0.05) is 38.3 Å². The van der Waals surface area contributed by atoms with E-state index in [-0.39, 0.29) is 23.6 Å². The van der Waals surface area contributed by atoms with Crippen LogP contribution in [0.2, 0.25) is 0 Å². The SMILES string of the molecule is CCc1ccc(NC(=O)c2ccnc(C(=O)NC3CCCCC3)c2)cc1. The van der Waals surface area contributed by atoms with Crippen LogP contribution in [0.3, 0.4) is 0 Å². The molecule has 1 saturated carbocycles. The molecule has 26 heavy (non-hydrogen) atoms. The lowest BCUT2D eigenvalue weighted by molar-refractivity contribution is 0.0922. The first-order valence-corrected chi connectivity index (χ1v) is 9.33. The van der Waals surface area contributed by atoms with Crippen LogP contribution in [0.1, 0.15) is 65.4 Å². The first-order valence-electron chi connectivity index (χ1n) is 9.33. The summed E-state index contributed by atoms with van der Waals surface area (Å²) in [7, 11) is 0. The number of amides is 2. The van der Waals surface area contributed by atoms with Crippen molar-refractivity contribution in [1.82, 2.24) is 10.3 Å². The zero-order chi connectivity index (χ0) is 18.4. The van der Waals surface area contributed by atoms with Gasteiger partial charge < -0.3 is 10.6 Å². The largest absolute Gasteiger partial charge is 0.348 e. The Morgan fingerprint density at radius 1 is 1.04 bits per heavy atom. The zero-order valence-corrected chi connectivity index (χ0v) is 15.1. The second-order valence-electron chi connectivity index (χ2n) is 6.74.